The average molecular weight is 440 g/mol. The number of pyridine rings is 1. The zero-order chi connectivity index (χ0) is 21.7. The third kappa shape index (κ3) is 4.85. The SMILES string of the molecule is O=C(/C=C/c1ccc(S(=O)(=O)N2CCOCC2)cc1)Nc1cccnc1-n1cncn1. The third-order valence-electron chi connectivity index (χ3n) is 4.60. The van der Waals surface area contributed by atoms with E-state index >= 15 is 0 Å². The minimum atomic E-state index is -3.55. The predicted molar refractivity (Wildman–Crippen MR) is 113 cm³/mol. The Morgan fingerprint density at radius 2 is 1.90 bits per heavy atom. The van der Waals surface area contributed by atoms with E-state index in [1.165, 1.54) is 39.9 Å². The van der Waals surface area contributed by atoms with Gasteiger partial charge in [-0.2, -0.15) is 9.40 Å². The van der Waals surface area contributed by atoms with Crippen LogP contribution in [0, 0.1) is 0 Å². The molecule has 4 rings (SSSR count). The van der Waals surface area contributed by atoms with Gasteiger partial charge in [-0.25, -0.2) is 23.1 Å². The molecule has 0 unspecified atom stereocenters. The zero-order valence-electron chi connectivity index (χ0n) is 16.5. The van der Waals surface area contributed by atoms with Gasteiger partial charge in [0.15, 0.2) is 5.82 Å². The topological polar surface area (TPSA) is 119 Å². The second-order valence-electron chi connectivity index (χ2n) is 6.62. The Morgan fingerprint density at radius 3 is 2.61 bits per heavy atom. The summed E-state index contributed by atoms with van der Waals surface area (Å²) in [5.74, 6) is 0.0822. The van der Waals surface area contributed by atoms with Crippen molar-refractivity contribution < 1.29 is 17.9 Å². The summed E-state index contributed by atoms with van der Waals surface area (Å²) in [6.45, 7) is 1.47. The number of amides is 1. The summed E-state index contributed by atoms with van der Waals surface area (Å²) in [6, 6.07) is 9.79. The molecule has 1 saturated heterocycles. The Balaban J connectivity index is 1.43. The van der Waals surface area contributed by atoms with Crippen molar-refractivity contribution in [3.63, 3.8) is 0 Å². The first-order valence-electron chi connectivity index (χ1n) is 9.51. The molecule has 2 aromatic heterocycles. The number of sulfonamides is 1. The Morgan fingerprint density at radius 1 is 1.13 bits per heavy atom. The smallest absolute Gasteiger partial charge is 0.248 e. The van der Waals surface area contributed by atoms with Crippen molar-refractivity contribution in [2.24, 2.45) is 0 Å². The second-order valence-corrected chi connectivity index (χ2v) is 8.56. The van der Waals surface area contributed by atoms with Gasteiger partial charge in [0.2, 0.25) is 15.9 Å². The molecule has 11 heteroatoms. The number of hydrogen-bond donors (Lipinski definition) is 1. The minimum Gasteiger partial charge on any atom is -0.379 e. The maximum Gasteiger partial charge on any atom is 0.248 e. The Bertz CT molecular complexity index is 1170. The number of nitrogens with zero attached hydrogens (tertiary/aromatic N) is 5. The van der Waals surface area contributed by atoms with Gasteiger partial charge in [0.25, 0.3) is 0 Å². The first kappa shape index (κ1) is 20.8. The molecular formula is C20H20N6O4S. The molecule has 160 valence electrons. The van der Waals surface area contributed by atoms with Crippen LogP contribution in [-0.2, 0) is 19.6 Å². The van der Waals surface area contributed by atoms with Gasteiger partial charge in [-0.05, 0) is 35.9 Å². The van der Waals surface area contributed by atoms with Crippen LogP contribution in [0.3, 0.4) is 0 Å². The third-order valence-corrected chi connectivity index (χ3v) is 6.51. The molecule has 1 fully saturated rings. The van der Waals surface area contributed by atoms with Crippen molar-refractivity contribution in [1.29, 1.82) is 0 Å². The molecule has 0 aliphatic carbocycles. The summed E-state index contributed by atoms with van der Waals surface area (Å²) in [5, 5.41) is 6.78. The number of rotatable bonds is 6. The van der Waals surface area contributed by atoms with E-state index in [1.54, 1.807) is 36.5 Å². The summed E-state index contributed by atoms with van der Waals surface area (Å²) < 4.78 is 33.4. The number of nitrogens with one attached hydrogen (secondary N) is 1. The van der Waals surface area contributed by atoms with E-state index in [0.29, 0.717) is 43.4 Å². The number of morpholine rings is 1. The molecule has 1 amide bonds. The van der Waals surface area contributed by atoms with Gasteiger partial charge < -0.3 is 10.1 Å². The van der Waals surface area contributed by atoms with E-state index in [0.717, 1.165) is 0 Å². The van der Waals surface area contributed by atoms with Crippen LogP contribution in [0.4, 0.5) is 5.69 Å². The van der Waals surface area contributed by atoms with Gasteiger partial charge >= 0.3 is 0 Å². The highest BCUT2D eigenvalue weighted by Crippen LogP contribution is 2.19. The van der Waals surface area contributed by atoms with Crippen molar-refractivity contribution >= 4 is 27.7 Å². The molecule has 0 bridgehead atoms. The first-order chi connectivity index (χ1) is 15.0. The Kier molecular flexibility index (Phi) is 6.16. The van der Waals surface area contributed by atoms with Crippen LogP contribution in [0.5, 0.6) is 0 Å². The van der Waals surface area contributed by atoms with Gasteiger partial charge in [0.05, 0.1) is 23.8 Å². The standard InChI is InChI=1S/C20H20N6O4S/c27-19(24-18-2-1-9-22-20(18)26-15-21-14-23-26)8-5-16-3-6-17(7-4-16)31(28,29)25-10-12-30-13-11-25/h1-9,14-15H,10-13H2,(H,24,27)/b8-5+. The van der Waals surface area contributed by atoms with Gasteiger partial charge in [-0.1, -0.05) is 12.1 Å². The maximum absolute atomic E-state index is 12.7. The zero-order valence-corrected chi connectivity index (χ0v) is 17.3. The number of carbonyl (C=O) groups excluding carboxylic acids is 1. The van der Waals surface area contributed by atoms with Gasteiger partial charge in [0, 0.05) is 25.4 Å². The van der Waals surface area contributed by atoms with Crippen LogP contribution in [0.25, 0.3) is 11.9 Å². The van der Waals surface area contributed by atoms with E-state index in [2.05, 4.69) is 20.4 Å². The lowest BCUT2D eigenvalue weighted by Crippen LogP contribution is -2.40. The maximum atomic E-state index is 12.7. The molecule has 0 saturated carbocycles. The van der Waals surface area contributed by atoms with E-state index < -0.39 is 10.0 Å². The lowest BCUT2D eigenvalue weighted by Gasteiger charge is -2.26. The molecule has 0 atom stereocenters. The van der Waals surface area contributed by atoms with Gasteiger partial charge in [-0.3, -0.25) is 4.79 Å². The van der Waals surface area contributed by atoms with Crippen LogP contribution < -0.4 is 5.32 Å². The fourth-order valence-corrected chi connectivity index (χ4v) is 4.44. The van der Waals surface area contributed by atoms with Crippen molar-refractivity contribution in [2.75, 3.05) is 31.6 Å². The normalized spacial score (nSPS) is 15.2. The second kappa shape index (κ2) is 9.16. The monoisotopic (exact) mass is 440 g/mol. The summed E-state index contributed by atoms with van der Waals surface area (Å²) in [6.07, 6.45) is 7.42. The van der Waals surface area contributed by atoms with Crippen LogP contribution in [0.1, 0.15) is 5.56 Å². The molecule has 31 heavy (non-hydrogen) atoms. The molecule has 1 aliphatic rings. The number of benzene rings is 1. The molecule has 1 aliphatic heterocycles. The molecular weight excluding hydrogens is 420 g/mol. The molecule has 1 N–H and O–H groups in total. The van der Waals surface area contributed by atoms with Crippen molar-refractivity contribution in [2.45, 2.75) is 4.90 Å². The number of carbonyl (C=O) groups is 1. The highest BCUT2D eigenvalue weighted by Gasteiger charge is 2.25. The van der Waals surface area contributed by atoms with E-state index in [4.69, 9.17) is 4.74 Å². The van der Waals surface area contributed by atoms with Crippen molar-refractivity contribution in [3.05, 3.63) is 66.9 Å². The van der Waals surface area contributed by atoms with E-state index in [-0.39, 0.29) is 10.8 Å². The molecule has 3 aromatic rings. The van der Waals surface area contributed by atoms with Gasteiger partial charge in [-0.15, -0.1) is 0 Å². The minimum absolute atomic E-state index is 0.212. The highest BCUT2D eigenvalue weighted by molar-refractivity contribution is 7.89. The number of anilines is 1. The van der Waals surface area contributed by atoms with Crippen LogP contribution in [0.15, 0.2) is 66.2 Å². The highest BCUT2D eigenvalue weighted by atomic mass is 32.2. The summed E-state index contributed by atoms with van der Waals surface area (Å²) in [4.78, 5) is 20.7. The Hall–Kier alpha value is -3.41. The van der Waals surface area contributed by atoms with Crippen molar-refractivity contribution in [1.82, 2.24) is 24.1 Å². The van der Waals surface area contributed by atoms with Crippen LogP contribution in [0.2, 0.25) is 0 Å². The lowest BCUT2D eigenvalue weighted by atomic mass is 10.2. The van der Waals surface area contributed by atoms with Crippen LogP contribution in [-0.4, -0.2) is 64.7 Å². The predicted octanol–water partition coefficient (Wildman–Crippen LogP) is 1.34. The molecule has 0 radical (unpaired) electrons. The molecule has 3 heterocycles. The lowest BCUT2D eigenvalue weighted by molar-refractivity contribution is -0.111. The quantitative estimate of drug-likeness (QED) is 0.574. The fourth-order valence-electron chi connectivity index (χ4n) is 3.03. The summed E-state index contributed by atoms with van der Waals surface area (Å²) in [7, 11) is -3.55. The average Bonchev–Trinajstić information content (AvgIpc) is 3.34. The summed E-state index contributed by atoms with van der Waals surface area (Å²) >= 11 is 0. The fraction of sp³-hybridized carbons (Fsp3) is 0.200. The number of aromatic nitrogens is 4. The van der Waals surface area contributed by atoms with Crippen molar-refractivity contribution in [3.8, 4) is 5.82 Å². The van der Waals surface area contributed by atoms with E-state index in [1.807, 2.05) is 0 Å². The van der Waals surface area contributed by atoms with Gasteiger partial charge in [0.1, 0.15) is 12.7 Å². The molecule has 10 nitrogen and oxygen atoms in total. The largest absolute Gasteiger partial charge is 0.379 e. The van der Waals surface area contributed by atoms with Crippen LogP contribution >= 0.6 is 0 Å². The number of ether oxygens (including phenoxy) is 1. The molecule has 0 spiro atoms. The first-order valence-corrected chi connectivity index (χ1v) is 10.9. The Labute approximate surface area is 179 Å². The summed E-state index contributed by atoms with van der Waals surface area (Å²) in [5.41, 5.74) is 1.17. The molecule has 1 aromatic carbocycles. The number of hydrogen-bond acceptors (Lipinski definition) is 7. The van der Waals surface area contributed by atoms with E-state index in [9.17, 15) is 13.2 Å².